The van der Waals surface area contributed by atoms with Gasteiger partial charge in [-0.15, -0.1) is 0 Å². The third-order valence-corrected chi connectivity index (χ3v) is 1.75. The summed E-state index contributed by atoms with van der Waals surface area (Å²) in [6.07, 6.45) is -0.345. The smallest absolute Gasteiger partial charge is 0.0925 e. The van der Waals surface area contributed by atoms with Gasteiger partial charge in [0.2, 0.25) is 0 Å². The molecule has 0 aromatic heterocycles. The molecule has 1 heterocycles. The Morgan fingerprint density at radius 2 is 2.00 bits per heavy atom. The lowest BCUT2D eigenvalue weighted by atomic mass is 10.1. The van der Waals surface area contributed by atoms with E-state index in [0.717, 1.165) is 6.54 Å². The Labute approximate surface area is 54.9 Å². The summed E-state index contributed by atoms with van der Waals surface area (Å²) in [5.74, 6) is 0. The number of β-amino-alcohol motifs (C(OH)–C–C–N with tert-alkyl or cyclic N) is 1. The second-order valence-corrected chi connectivity index (χ2v) is 2.69. The fourth-order valence-electron chi connectivity index (χ4n) is 1.08. The number of hydrogen-bond acceptors (Lipinski definition) is 3. The lowest BCUT2D eigenvalue weighted by Crippen LogP contribution is -2.44. The van der Waals surface area contributed by atoms with Gasteiger partial charge in [0.05, 0.1) is 12.2 Å². The number of aliphatic hydroxyl groups is 2. The zero-order valence-electron chi connectivity index (χ0n) is 5.62. The second-order valence-electron chi connectivity index (χ2n) is 2.69. The van der Waals surface area contributed by atoms with Crippen molar-refractivity contribution >= 4 is 0 Å². The van der Waals surface area contributed by atoms with E-state index in [9.17, 15) is 0 Å². The van der Waals surface area contributed by atoms with E-state index in [-0.39, 0.29) is 0 Å². The van der Waals surface area contributed by atoms with Gasteiger partial charge < -0.3 is 15.1 Å². The third-order valence-electron chi connectivity index (χ3n) is 1.75. The first-order chi connectivity index (χ1) is 4.20. The monoisotopic (exact) mass is 131 g/mol. The van der Waals surface area contributed by atoms with Crippen LogP contribution in [0, 0.1) is 0 Å². The molecular weight excluding hydrogens is 118 g/mol. The van der Waals surface area contributed by atoms with Crippen LogP contribution in [0.3, 0.4) is 0 Å². The Kier molecular flexibility index (Phi) is 2.05. The van der Waals surface area contributed by atoms with Crippen molar-refractivity contribution in [2.75, 3.05) is 20.1 Å². The molecule has 0 unspecified atom stereocenters. The van der Waals surface area contributed by atoms with E-state index < -0.39 is 12.2 Å². The van der Waals surface area contributed by atoms with Crippen molar-refractivity contribution < 1.29 is 10.2 Å². The van der Waals surface area contributed by atoms with E-state index in [1.54, 1.807) is 0 Å². The van der Waals surface area contributed by atoms with Crippen molar-refractivity contribution in [1.29, 1.82) is 0 Å². The minimum absolute atomic E-state index is 0.499. The maximum atomic E-state index is 9.06. The first-order valence-corrected chi connectivity index (χ1v) is 3.25. The van der Waals surface area contributed by atoms with Crippen molar-refractivity contribution in [3.8, 4) is 0 Å². The number of likely N-dealkylation sites (tertiary alicyclic amines) is 1. The summed E-state index contributed by atoms with van der Waals surface area (Å²) in [5, 5.41) is 18.1. The molecule has 0 aromatic carbocycles. The molecule has 3 heteroatoms. The van der Waals surface area contributed by atoms with E-state index in [2.05, 4.69) is 0 Å². The van der Waals surface area contributed by atoms with Gasteiger partial charge in [0.15, 0.2) is 0 Å². The van der Waals surface area contributed by atoms with Gasteiger partial charge in [-0.1, -0.05) is 0 Å². The molecule has 2 N–H and O–H groups in total. The summed E-state index contributed by atoms with van der Waals surface area (Å²) in [5.41, 5.74) is 0. The van der Waals surface area contributed by atoms with Crippen LogP contribution < -0.4 is 0 Å². The Morgan fingerprint density at radius 1 is 1.33 bits per heavy atom. The molecule has 0 radical (unpaired) electrons. The van der Waals surface area contributed by atoms with Crippen LogP contribution in [0.2, 0.25) is 0 Å². The fraction of sp³-hybridized carbons (Fsp3) is 1.00. The van der Waals surface area contributed by atoms with Crippen molar-refractivity contribution in [2.24, 2.45) is 0 Å². The van der Waals surface area contributed by atoms with Crippen LogP contribution >= 0.6 is 0 Å². The number of nitrogens with zero attached hydrogens (tertiary/aromatic N) is 1. The highest BCUT2D eigenvalue weighted by molar-refractivity contribution is 4.76. The molecule has 54 valence electrons. The molecule has 0 saturated carbocycles. The normalized spacial score (nSPS) is 39.0. The highest BCUT2D eigenvalue weighted by atomic mass is 16.3. The number of aliphatic hydroxyl groups excluding tert-OH is 2. The van der Waals surface area contributed by atoms with E-state index in [0.29, 0.717) is 13.0 Å². The Morgan fingerprint density at radius 3 is 2.44 bits per heavy atom. The number of rotatable bonds is 0. The predicted molar refractivity (Wildman–Crippen MR) is 34.1 cm³/mol. The van der Waals surface area contributed by atoms with Gasteiger partial charge in [-0.05, 0) is 13.5 Å². The summed E-state index contributed by atoms with van der Waals surface area (Å²) in [7, 11) is 1.94. The largest absolute Gasteiger partial charge is 0.390 e. The minimum atomic E-state index is -0.538. The highest BCUT2D eigenvalue weighted by Gasteiger charge is 2.22. The maximum Gasteiger partial charge on any atom is 0.0925 e. The summed E-state index contributed by atoms with van der Waals surface area (Å²) in [4.78, 5) is 2.01. The highest BCUT2D eigenvalue weighted by Crippen LogP contribution is 2.07. The minimum Gasteiger partial charge on any atom is -0.390 e. The van der Waals surface area contributed by atoms with Crippen molar-refractivity contribution in [3.05, 3.63) is 0 Å². The molecule has 0 amide bonds. The van der Waals surface area contributed by atoms with Crippen molar-refractivity contribution in [1.82, 2.24) is 4.90 Å². The molecular formula is C6H13NO2. The van der Waals surface area contributed by atoms with Gasteiger partial charge in [-0.3, -0.25) is 0 Å². The molecule has 0 aromatic rings. The second kappa shape index (κ2) is 2.64. The molecule has 0 spiro atoms. The van der Waals surface area contributed by atoms with Crippen LogP contribution in [-0.2, 0) is 0 Å². The van der Waals surface area contributed by atoms with Gasteiger partial charge in [0.1, 0.15) is 0 Å². The number of likely N-dealkylation sites (N-methyl/N-ethyl adjacent to an activating group) is 1. The molecule has 2 atom stereocenters. The number of hydrogen-bond donors (Lipinski definition) is 2. The lowest BCUT2D eigenvalue weighted by Gasteiger charge is -2.30. The van der Waals surface area contributed by atoms with Gasteiger partial charge in [0.25, 0.3) is 0 Å². The third kappa shape index (κ3) is 1.64. The quantitative estimate of drug-likeness (QED) is 0.445. The molecule has 1 saturated heterocycles. The average molecular weight is 131 g/mol. The summed E-state index contributed by atoms with van der Waals surface area (Å²) in [6, 6.07) is 0. The molecule has 3 nitrogen and oxygen atoms in total. The van der Waals surface area contributed by atoms with E-state index in [4.69, 9.17) is 10.2 Å². The Bertz CT molecular complexity index is 97.1. The molecule has 0 aliphatic carbocycles. The molecule has 1 aliphatic rings. The lowest BCUT2D eigenvalue weighted by molar-refractivity contribution is -0.0318. The topological polar surface area (TPSA) is 43.7 Å². The predicted octanol–water partition coefficient (Wildman–Crippen LogP) is -0.956. The average Bonchev–Trinajstić information content (AvgIpc) is 1.80. The van der Waals surface area contributed by atoms with Crippen LogP contribution in [0.15, 0.2) is 0 Å². The van der Waals surface area contributed by atoms with Gasteiger partial charge in [-0.25, -0.2) is 0 Å². The molecule has 0 bridgehead atoms. The van der Waals surface area contributed by atoms with Gasteiger partial charge >= 0.3 is 0 Å². The van der Waals surface area contributed by atoms with Gasteiger partial charge in [-0.2, -0.15) is 0 Å². The van der Waals surface area contributed by atoms with Crippen LogP contribution in [0.25, 0.3) is 0 Å². The van der Waals surface area contributed by atoms with E-state index in [1.165, 1.54) is 0 Å². The van der Waals surface area contributed by atoms with E-state index >= 15 is 0 Å². The summed E-state index contributed by atoms with van der Waals surface area (Å²) < 4.78 is 0. The fourth-order valence-corrected chi connectivity index (χ4v) is 1.08. The van der Waals surface area contributed by atoms with Crippen LogP contribution in [-0.4, -0.2) is 47.5 Å². The van der Waals surface area contributed by atoms with Crippen LogP contribution in [0.1, 0.15) is 6.42 Å². The first kappa shape index (κ1) is 6.99. The van der Waals surface area contributed by atoms with Crippen LogP contribution in [0.4, 0.5) is 0 Å². The summed E-state index contributed by atoms with van der Waals surface area (Å²) >= 11 is 0. The molecule has 1 fully saturated rings. The van der Waals surface area contributed by atoms with Crippen molar-refractivity contribution in [3.63, 3.8) is 0 Å². The first-order valence-electron chi connectivity index (χ1n) is 3.25. The SMILES string of the molecule is CN1CC[C@H](O)[C@H](O)C1. The maximum absolute atomic E-state index is 9.06. The standard InChI is InChI=1S/C6H13NO2/c1-7-3-2-5(8)6(9)4-7/h5-6,8-9H,2-4H2,1H3/t5-,6+/m0/s1. The molecule has 1 rings (SSSR count). The van der Waals surface area contributed by atoms with E-state index in [1.807, 2.05) is 11.9 Å². The van der Waals surface area contributed by atoms with Gasteiger partial charge in [0, 0.05) is 13.1 Å². The number of piperidine rings is 1. The zero-order chi connectivity index (χ0) is 6.85. The Balaban J connectivity index is 2.35. The zero-order valence-corrected chi connectivity index (χ0v) is 5.62. The molecule has 9 heavy (non-hydrogen) atoms. The van der Waals surface area contributed by atoms with Crippen LogP contribution in [0.5, 0.6) is 0 Å². The Hall–Kier alpha value is -0.120. The molecule has 1 aliphatic heterocycles. The summed E-state index contributed by atoms with van der Waals surface area (Å²) in [6.45, 7) is 1.49. The van der Waals surface area contributed by atoms with Crippen molar-refractivity contribution in [2.45, 2.75) is 18.6 Å².